The Balaban J connectivity index is 1.43. The monoisotopic (exact) mass is 497 g/mol. The van der Waals surface area contributed by atoms with E-state index in [1.165, 1.54) is 13.0 Å². The zero-order valence-electron chi connectivity index (χ0n) is 20.7. The highest BCUT2D eigenvalue weighted by Gasteiger charge is 2.44. The van der Waals surface area contributed by atoms with Gasteiger partial charge in [-0.2, -0.15) is 18.3 Å². The highest BCUT2D eigenvalue weighted by molar-refractivity contribution is 5.95. The molecular weight excluding hydrogens is 467 g/mol. The molecule has 2 fully saturated rings. The first kappa shape index (κ1) is 24.3. The van der Waals surface area contributed by atoms with Gasteiger partial charge in [-0.05, 0) is 69.4 Å². The van der Waals surface area contributed by atoms with Crippen molar-refractivity contribution in [3.05, 3.63) is 58.8 Å². The molecule has 0 unspecified atom stereocenters. The molecular formula is C27H30F3N5O. The van der Waals surface area contributed by atoms with Crippen molar-refractivity contribution in [2.75, 3.05) is 29.9 Å². The van der Waals surface area contributed by atoms with E-state index in [2.05, 4.69) is 37.9 Å². The molecule has 1 atom stereocenters. The van der Waals surface area contributed by atoms with E-state index in [1.807, 2.05) is 19.9 Å². The molecule has 2 aliphatic heterocycles. The quantitative estimate of drug-likeness (QED) is 0.495. The van der Waals surface area contributed by atoms with Crippen LogP contribution in [0.4, 0.5) is 24.7 Å². The first-order valence-corrected chi connectivity index (χ1v) is 12.3. The molecule has 36 heavy (non-hydrogen) atoms. The van der Waals surface area contributed by atoms with Gasteiger partial charge in [-0.25, -0.2) is 0 Å². The third-order valence-electron chi connectivity index (χ3n) is 7.91. The van der Waals surface area contributed by atoms with Gasteiger partial charge in [0.25, 0.3) is 0 Å². The maximum atomic E-state index is 13.4. The summed E-state index contributed by atoms with van der Waals surface area (Å²) in [6, 6.07) is 10.00. The SMILES string of the molecule is Cc1c([C@@H](C)Nc2nnc(C)c3ccc(N4CCC5(CCNC5=O)CC4)cc23)cccc1C(F)(F)F. The Morgan fingerprint density at radius 3 is 2.47 bits per heavy atom. The fourth-order valence-corrected chi connectivity index (χ4v) is 5.68. The predicted octanol–water partition coefficient (Wildman–Crippen LogP) is 5.55. The Morgan fingerprint density at radius 2 is 1.81 bits per heavy atom. The molecule has 5 rings (SSSR count). The minimum Gasteiger partial charge on any atom is -0.371 e. The lowest BCUT2D eigenvalue weighted by atomic mass is 9.77. The summed E-state index contributed by atoms with van der Waals surface area (Å²) < 4.78 is 40.3. The summed E-state index contributed by atoms with van der Waals surface area (Å²) in [5.74, 6) is 0.710. The number of piperidine rings is 1. The summed E-state index contributed by atoms with van der Waals surface area (Å²) in [5, 5.41) is 16.7. The summed E-state index contributed by atoms with van der Waals surface area (Å²) in [7, 11) is 0. The topological polar surface area (TPSA) is 70.2 Å². The summed E-state index contributed by atoms with van der Waals surface area (Å²) in [5.41, 5.74) is 1.72. The van der Waals surface area contributed by atoms with E-state index >= 15 is 0 Å². The number of carbonyl (C=O) groups is 1. The summed E-state index contributed by atoms with van der Waals surface area (Å²) in [4.78, 5) is 14.6. The standard InChI is InChI=1S/C27H30F3N5O/c1-16-20(5-4-6-23(16)27(28,29)30)17(2)32-24-22-15-19(7-8-21(22)18(3)33-34-24)35-13-10-26(11-14-35)9-12-31-25(26)36/h4-8,15,17H,9-14H2,1-3H3,(H,31,36)(H,32,34)/t17-/m1/s1. The van der Waals surface area contributed by atoms with Crippen LogP contribution >= 0.6 is 0 Å². The molecule has 9 heteroatoms. The Bertz CT molecular complexity index is 1310. The van der Waals surface area contributed by atoms with Gasteiger partial charge in [0, 0.05) is 36.1 Å². The van der Waals surface area contributed by atoms with E-state index in [1.54, 1.807) is 6.07 Å². The van der Waals surface area contributed by atoms with E-state index in [0.29, 0.717) is 11.4 Å². The largest absolute Gasteiger partial charge is 0.416 e. The average molecular weight is 498 g/mol. The molecule has 1 aromatic heterocycles. The number of hydrogen-bond acceptors (Lipinski definition) is 5. The van der Waals surface area contributed by atoms with Crippen LogP contribution in [0.5, 0.6) is 0 Å². The Morgan fingerprint density at radius 1 is 1.06 bits per heavy atom. The molecule has 1 amide bonds. The molecule has 2 N–H and O–H groups in total. The molecule has 2 aromatic carbocycles. The number of alkyl halides is 3. The maximum Gasteiger partial charge on any atom is 0.416 e. The number of amides is 1. The van der Waals surface area contributed by atoms with E-state index in [4.69, 9.17) is 0 Å². The first-order chi connectivity index (χ1) is 17.1. The molecule has 3 aromatic rings. The number of nitrogens with one attached hydrogen (secondary N) is 2. The Labute approximate surface area is 208 Å². The highest BCUT2D eigenvalue weighted by Crippen LogP contribution is 2.40. The number of rotatable bonds is 4. The summed E-state index contributed by atoms with van der Waals surface area (Å²) in [6.45, 7) is 7.56. The zero-order chi connectivity index (χ0) is 25.7. The number of fused-ring (bicyclic) bond motifs is 1. The average Bonchev–Trinajstić information content (AvgIpc) is 3.19. The van der Waals surface area contributed by atoms with Crippen LogP contribution < -0.4 is 15.5 Å². The molecule has 0 aliphatic carbocycles. The van der Waals surface area contributed by atoms with Crippen molar-refractivity contribution in [2.24, 2.45) is 5.41 Å². The number of benzene rings is 2. The molecule has 1 spiro atoms. The van der Waals surface area contributed by atoms with E-state index in [9.17, 15) is 18.0 Å². The lowest BCUT2D eigenvalue weighted by Crippen LogP contribution is -2.43. The van der Waals surface area contributed by atoms with Gasteiger partial charge in [-0.3, -0.25) is 4.79 Å². The molecule has 3 heterocycles. The van der Waals surface area contributed by atoms with Crippen LogP contribution in [-0.4, -0.2) is 35.7 Å². The third kappa shape index (κ3) is 4.24. The van der Waals surface area contributed by atoms with Crippen LogP contribution in [-0.2, 0) is 11.0 Å². The van der Waals surface area contributed by atoms with Crippen molar-refractivity contribution in [1.82, 2.24) is 15.5 Å². The fraction of sp³-hybridized carbons (Fsp3) is 0.444. The normalized spacial score (nSPS) is 18.5. The predicted molar refractivity (Wildman–Crippen MR) is 134 cm³/mol. The van der Waals surface area contributed by atoms with Gasteiger partial charge in [0.2, 0.25) is 5.91 Å². The number of carbonyl (C=O) groups excluding carboxylic acids is 1. The molecule has 0 radical (unpaired) electrons. The molecule has 6 nitrogen and oxygen atoms in total. The number of aryl methyl sites for hydroxylation is 1. The Hall–Kier alpha value is -3.36. The zero-order valence-corrected chi connectivity index (χ0v) is 20.7. The van der Waals surface area contributed by atoms with Gasteiger partial charge in [-0.15, -0.1) is 5.10 Å². The van der Waals surface area contributed by atoms with Crippen LogP contribution in [0.25, 0.3) is 10.8 Å². The molecule has 190 valence electrons. The van der Waals surface area contributed by atoms with Gasteiger partial charge in [-0.1, -0.05) is 18.2 Å². The molecule has 0 saturated carbocycles. The van der Waals surface area contributed by atoms with Crippen LogP contribution in [0, 0.1) is 19.3 Å². The fourth-order valence-electron chi connectivity index (χ4n) is 5.68. The third-order valence-corrected chi connectivity index (χ3v) is 7.91. The van der Waals surface area contributed by atoms with Crippen molar-refractivity contribution < 1.29 is 18.0 Å². The van der Waals surface area contributed by atoms with Crippen LogP contribution in [0.1, 0.15) is 54.6 Å². The molecule has 2 saturated heterocycles. The second-order valence-electron chi connectivity index (χ2n) is 10.0. The van der Waals surface area contributed by atoms with Crippen molar-refractivity contribution >= 4 is 28.2 Å². The second-order valence-corrected chi connectivity index (χ2v) is 10.0. The summed E-state index contributed by atoms with van der Waals surface area (Å²) in [6.07, 6.45) is -1.87. The van der Waals surface area contributed by atoms with Gasteiger partial charge in [0.05, 0.1) is 22.7 Å². The number of halogens is 3. The smallest absolute Gasteiger partial charge is 0.371 e. The van der Waals surface area contributed by atoms with Gasteiger partial charge in [0.15, 0.2) is 5.82 Å². The van der Waals surface area contributed by atoms with Crippen LogP contribution in [0.2, 0.25) is 0 Å². The number of aromatic nitrogens is 2. The van der Waals surface area contributed by atoms with Crippen molar-refractivity contribution in [1.29, 1.82) is 0 Å². The second kappa shape index (κ2) is 8.94. The number of hydrogen-bond donors (Lipinski definition) is 2. The van der Waals surface area contributed by atoms with E-state index < -0.39 is 17.8 Å². The van der Waals surface area contributed by atoms with Crippen molar-refractivity contribution in [2.45, 2.75) is 52.3 Å². The lowest BCUT2D eigenvalue weighted by Gasteiger charge is -2.38. The first-order valence-electron chi connectivity index (χ1n) is 12.3. The minimum absolute atomic E-state index is 0.178. The highest BCUT2D eigenvalue weighted by atomic mass is 19.4. The molecule has 0 bridgehead atoms. The van der Waals surface area contributed by atoms with Gasteiger partial charge < -0.3 is 15.5 Å². The minimum atomic E-state index is -4.41. The van der Waals surface area contributed by atoms with E-state index in [0.717, 1.165) is 67.1 Å². The number of anilines is 2. The van der Waals surface area contributed by atoms with Crippen LogP contribution in [0.3, 0.4) is 0 Å². The number of nitrogens with zero attached hydrogens (tertiary/aromatic N) is 3. The van der Waals surface area contributed by atoms with Crippen LogP contribution in [0.15, 0.2) is 36.4 Å². The summed E-state index contributed by atoms with van der Waals surface area (Å²) >= 11 is 0. The van der Waals surface area contributed by atoms with E-state index in [-0.39, 0.29) is 16.9 Å². The Kier molecular flexibility index (Phi) is 6.04. The molecule has 2 aliphatic rings. The van der Waals surface area contributed by atoms with Crippen molar-refractivity contribution in [3.8, 4) is 0 Å². The van der Waals surface area contributed by atoms with Gasteiger partial charge >= 0.3 is 6.18 Å². The van der Waals surface area contributed by atoms with Gasteiger partial charge in [0.1, 0.15) is 0 Å². The maximum absolute atomic E-state index is 13.4. The van der Waals surface area contributed by atoms with Crippen molar-refractivity contribution in [3.63, 3.8) is 0 Å². The lowest BCUT2D eigenvalue weighted by molar-refractivity contribution is -0.138.